The second kappa shape index (κ2) is 11.0. The zero-order valence-corrected chi connectivity index (χ0v) is 16.4. The maximum Gasteiger partial charge on any atom is 0.159 e. The molecule has 0 fully saturated rings. The minimum Gasteiger partial charge on any atom is -0.491 e. The smallest absolute Gasteiger partial charge is 0.159 e. The molecule has 0 radical (unpaired) electrons. The Labute approximate surface area is 162 Å². The first-order chi connectivity index (χ1) is 12.0. The van der Waals surface area contributed by atoms with Crippen molar-refractivity contribution in [2.24, 2.45) is 0 Å². The van der Waals surface area contributed by atoms with Gasteiger partial charge in [-0.15, -0.1) is 12.4 Å². The van der Waals surface area contributed by atoms with Crippen molar-refractivity contribution in [2.45, 2.75) is 39.3 Å². The predicted octanol–water partition coefficient (Wildman–Crippen LogP) is 3.96. The van der Waals surface area contributed by atoms with Gasteiger partial charge in [-0.05, 0) is 55.7 Å². The quantitative estimate of drug-likeness (QED) is 0.649. The number of aliphatic hydroxyl groups excluding tert-OH is 1. The number of rotatable bonds is 9. The topological polar surface area (TPSA) is 58.6 Å². The van der Waals surface area contributed by atoms with Gasteiger partial charge in [0.15, 0.2) is 5.78 Å². The van der Waals surface area contributed by atoms with Gasteiger partial charge in [-0.3, -0.25) is 4.79 Å². The van der Waals surface area contributed by atoms with Crippen LogP contribution in [0.25, 0.3) is 0 Å². The number of benzene rings is 2. The Morgan fingerprint density at radius 3 is 2.27 bits per heavy atom. The highest BCUT2D eigenvalue weighted by Gasteiger charge is 2.10. The third kappa shape index (κ3) is 6.79. The third-order valence-electron chi connectivity index (χ3n) is 4.25. The summed E-state index contributed by atoms with van der Waals surface area (Å²) in [5, 5.41) is 13.4. The zero-order valence-electron chi connectivity index (χ0n) is 15.6. The minimum absolute atomic E-state index is 0. The highest BCUT2D eigenvalue weighted by atomic mass is 35.5. The van der Waals surface area contributed by atoms with Gasteiger partial charge in [-0.1, -0.05) is 31.2 Å². The number of carbonyl (C=O) groups is 1. The van der Waals surface area contributed by atoms with Crippen molar-refractivity contribution < 1.29 is 14.6 Å². The lowest BCUT2D eigenvalue weighted by atomic mass is 10.0. The molecule has 0 aliphatic carbocycles. The molecule has 2 atom stereocenters. The molecule has 0 aromatic heterocycles. The number of aliphatic hydroxyl groups is 1. The van der Waals surface area contributed by atoms with Crippen LogP contribution in [0.4, 0.5) is 0 Å². The van der Waals surface area contributed by atoms with Gasteiger partial charge < -0.3 is 15.2 Å². The number of aryl methyl sites for hydroxylation is 1. The number of ketones is 1. The summed E-state index contributed by atoms with van der Waals surface area (Å²) in [4.78, 5) is 11.2. The van der Waals surface area contributed by atoms with Crippen LogP contribution in [0, 0.1) is 0 Å². The fourth-order valence-electron chi connectivity index (χ4n) is 2.51. The molecule has 0 spiro atoms. The van der Waals surface area contributed by atoms with Crippen molar-refractivity contribution in [3.8, 4) is 5.75 Å². The molecular formula is C21H28ClNO3. The average molecular weight is 378 g/mol. The van der Waals surface area contributed by atoms with E-state index in [9.17, 15) is 9.90 Å². The number of halogens is 1. The van der Waals surface area contributed by atoms with Crippen LogP contribution >= 0.6 is 12.4 Å². The van der Waals surface area contributed by atoms with E-state index in [0.717, 1.165) is 6.42 Å². The average Bonchev–Trinajstić information content (AvgIpc) is 2.64. The molecular weight excluding hydrogens is 350 g/mol. The van der Waals surface area contributed by atoms with Crippen molar-refractivity contribution in [3.05, 3.63) is 65.2 Å². The molecule has 2 rings (SSSR count). The molecule has 2 N–H and O–H groups in total. The first-order valence-electron chi connectivity index (χ1n) is 8.73. The lowest BCUT2D eigenvalue weighted by Gasteiger charge is -2.18. The van der Waals surface area contributed by atoms with E-state index in [4.69, 9.17) is 4.74 Å². The normalized spacial score (nSPS) is 12.8. The van der Waals surface area contributed by atoms with E-state index < -0.39 is 6.10 Å². The maximum absolute atomic E-state index is 11.2. The van der Waals surface area contributed by atoms with Gasteiger partial charge in [0, 0.05) is 18.2 Å². The van der Waals surface area contributed by atoms with E-state index in [2.05, 4.69) is 43.4 Å². The summed E-state index contributed by atoms with van der Waals surface area (Å²) in [5.74, 6) is 0.670. The van der Waals surface area contributed by atoms with E-state index in [-0.39, 0.29) is 30.8 Å². The van der Waals surface area contributed by atoms with Crippen LogP contribution < -0.4 is 10.1 Å². The molecule has 0 aliphatic rings. The van der Waals surface area contributed by atoms with E-state index in [0.29, 0.717) is 17.9 Å². The molecule has 0 saturated heterocycles. The highest BCUT2D eigenvalue weighted by molar-refractivity contribution is 5.94. The van der Waals surface area contributed by atoms with Gasteiger partial charge in [-0.25, -0.2) is 0 Å². The Morgan fingerprint density at radius 1 is 1.12 bits per heavy atom. The molecule has 5 heteroatoms. The molecule has 0 bridgehead atoms. The van der Waals surface area contributed by atoms with Crippen LogP contribution in [0.3, 0.4) is 0 Å². The highest BCUT2D eigenvalue weighted by Crippen LogP contribution is 2.15. The van der Waals surface area contributed by atoms with Gasteiger partial charge in [0.05, 0.1) is 0 Å². The number of hydrogen-bond acceptors (Lipinski definition) is 4. The summed E-state index contributed by atoms with van der Waals surface area (Å²) in [5.41, 5.74) is 3.17. The molecule has 4 nitrogen and oxygen atoms in total. The van der Waals surface area contributed by atoms with Gasteiger partial charge in [0.25, 0.3) is 0 Å². The van der Waals surface area contributed by atoms with Crippen LogP contribution in [0.2, 0.25) is 0 Å². The zero-order chi connectivity index (χ0) is 18.2. The molecule has 0 saturated carbocycles. The van der Waals surface area contributed by atoms with E-state index in [1.54, 1.807) is 24.3 Å². The molecule has 2 aromatic rings. The Hall–Kier alpha value is -1.88. The van der Waals surface area contributed by atoms with Gasteiger partial charge in [0.1, 0.15) is 18.5 Å². The lowest BCUT2D eigenvalue weighted by molar-refractivity contribution is 0.101. The lowest BCUT2D eigenvalue weighted by Crippen LogP contribution is -2.33. The molecule has 26 heavy (non-hydrogen) atoms. The number of Topliss-reactive ketones (excluding diaryl/α,β-unsaturated/α-hetero) is 1. The summed E-state index contributed by atoms with van der Waals surface area (Å²) in [6.07, 6.45) is 0.427. The predicted molar refractivity (Wildman–Crippen MR) is 107 cm³/mol. The van der Waals surface area contributed by atoms with Crippen molar-refractivity contribution in [3.63, 3.8) is 0 Å². The molecule has 2 unspecified atom stereocenters. The molecule has 142 valence electrons. The van der Waals surface area contributed by atoms with Crippen LogP contribution in [0.5, 0.6) is 5.75 Å². The van der Waals surface area contributed by atoms with Crippen LogP contribution in [0.15, 0.2) is 48.5 Å². The Morgan fingerprint density at radius 2 is 1.73 bits per heavy atom. The van der Waals surface area contributed by atoms with E-state index in [1.807, 2.05) is 0 Å². The fourth-order valence-corrected chi connectivity index (χ4v) is 2.51. The van der Waals surface area contributed by atoms with Crippen LogP contribution in [-0.2, 0) is 6.42 Å². The molecule has 0 amide bonds. The Kier molecular flexibility index (Phi) is 9.35. The Balaban J connectivity index is 0.00000338. The first kappa shape index (κ1) is 22.2. The van der Waals surface area contributed by atoms with Gasteiger partial charge >= 0.3 is 0 Å². The van der Waals surface area contributed by atoms with Crippen molar-refractivity contribution in [1.82, 2.24) is 5.32 Å². The van der Waals surface area contributed by atoms with Gasteiger partial charge in [-0.2, -0.15) is 0 Å². The number of ether oxygens (including phenoxy) is 1. The summed E-state index contributed by atoms with van der Waals surface area (Å²) in [6, 6.07) is 15.6. The maximum atomic E-state index is 11.2. The van der Waals surface area contributed by atoms with Gasteiger partial charge in [0.2, 0.25) is 0 Å². The van der Waals surface area contributed by atoms with Crippen molar-refractivity contribution in [1.29, 1.82) is 0 Å². The second-order valence-corrected chi connectivity index (χ2v) is 6.27. The monoisotopic (exact) mass is 377 g/mol. The SMILES string of the molecule is CCc1ccc(C(C)NCC(O)COc2ccc(C(C)=O)cc2)cc1.Cl. The van der Waals surface area contributed by atoms with Crippen LogP contribution in [-0.4, -0.2) is 30.1 Å². The Bertz CT molecular complexity index is 671. The van der Waals surface area contributed by atoms with Crippen LogP contribution in [0.1, 0.15) is 48.3 Å². The summed E-state index contributed by atoms with van der Waals surface area (Å²) < 4.78 is 5.57. The molecule has 0 heterocycles. The first-order valence-corrected chi connectivity index (χ1v) is 8.73. The van der Waals surface area contributed by atoms with Crippen molar-refractivity contribution in [2.75, 3.05) is 13.2 Å². The minimum atomic E-state index is -0.607. The van der Waals surface area contributed by atoms with E-state index >= 15 is 0 Å². The second-order valence-electron chi connectivity index (χ2n) is 6.27. The summed E-state index contributed by atoms with van der Waals surface area (Å²) >= 11 is 0. The standard InChI is InChI=1S/C21H27NO3.ClH/c1-4-17-5-7-18(8-6-17)15(2)22-13-20(24)14-25-21-11-9-19(10-12-21)16(3)23;/h5-12,15,20,22,24H,4,13-14H2,1-3H3;1H. The summed E-state index contributed by atoms with van der Waals surface area (Å²) in [6.45, 7) is 6.40. The number of nitrogens with one attached hydrogen (secondary N) is 1. The number of carbonyl (C=O) groups excluding carboxylic acids is 1. The fraction of sp³-hybridized carbons (Fsp3) is 0.381. The summed E-state index contributed by atoms with van der Waals surface area (Å²) in [7, 11) is 0. The third-order valence-corrected chi connectivity index (χ3v) is 4.25. The van der Waals surface area contributed by atoms with E-state index in [1.165, 1.54) is 18.1 Å². The largest absolute Gasteiger partial charge is 0.491 e. The molecule has 2 aromatic carbocycles. The molecule has 0 aliphatic heterocycles. The van der Waals surface area contributed by atoms with Crippen molar-refractivity contribution >= 4 is 18.2 Å². The number of hydrogen-bond donors (Lipinski definition) is 2.